The van der Waals surface area contributed by atoms with Crippen LogP contribution in [0.3, 0.4) is 0 Å². The molecule has 2 aliphatic carbocycles. The van der Waals surface area contributed by atoms with Gasteiger partial charge in [0.05, 0.1) is 31.2 Å². The van der Waals surface area contributed by atoms with E-state index in [1.165, 1.54) is 122 Å². The Kier molecular flexibility index (Phi) is 8.80. The van der Waals surface area contributed by atoms with E-state index in [0.29, 0.717) is 25.3 Å². The van der Waals surface area contributed by atoms with Gasteiger partial charge in [-0.1, -0.05) is 139 Å². The summed E-state index contributed by atoms with van der Waals surface area (Å²) in [6.45, 7) is 3.31. The summed E-state index contributed by atoms with van der Waals surface area (Å²) in [5.41, 5.74) is 6.43. The second-order valence-electron chi connectivity index (χ2n) is 18.6. The van der Waals surface area contributed by atoms with Gasteiger partial charge in [-0.3, -0.25) is 9.59 Å². The maximum absolute atomic E-state index is 15.7. The van der Waals surface area contributed by atoms with Crippen LogP contribution in [0.1, 0.15) is 125 Å². The molecule has 9 aromatic carbocycles. The second-order valence-corrected chi connectivity index (χ2v) is 18.6. The number of benzene rings is 7. The number of aromatic nitrogens is 1. The van der Waals surface area contributed by atoms with E-state index < -0.39 is 0 Å². The fourth-order valence-corrected chi connectivity index (χ4v) is 12.1. The first kappa shape index (κ1) is 37.1. The van der Waals surface area contributed by atoms with Crippen LogP contribution in [0.5, 0.6) is 11.5 Å². The summed E-state index contributed by atoms with van der Waals surface area (Å²) in [5.74, 6) is 1.42. The van der Waals surface area contributed by atoms with E-state index in [4.69, 9.17) is 9.47 Å². The van der Waals surface area contributed by atoms with Crippen LogP contribution < -0.4 is 20.5 Å². The van der Waals surface area contributed by atoms with Crippen LogP contribution in [-0.2, 0) is 19.4 Å². The molecule has 0 fully saturated rings. The zero-order chi connectivity index (χ0) is 40.9. The molecule has 0 unspecified atom stereocenters. The number of ether oxygens (including phenoxy) is 2. The van der Waals surface area contributed by atoms with Gasteiger partial charge >= 0.3 is 0 Å². The molecule has 0 radical (unpaired) electrons. The van der Waals surface area contributed by atoms with Gasteiger partial charge in [-0.05, 0) is 102 Å². The van der Waals surface area contributed by atoms with Crippen molar-refractivity contribution in [2.75, 3.05) is 13.7 Å². The first-order chi connectivity index (χ1) is 30.0. The number of hydrogen-bond donors (Lipinski definition) is 0. The Balaban J connectivity index is 0.883. The van der Waals surface area contributed by atoms with E-state index >= 15 is 4.79 Å². The SMILES string of the molecule is CCCCCCCCCCCCCCCCOc1ccc(Cn2c(=O)c3c4c5c6cc7ccc(cc8c(=O)c9c(cc%10ccc%11cc(c5c5c%11c%10c9c35)C6)C8)c2c74)cc1OC. The lowest BCUT2D eigenvalue weighted by atomic mass is 9.89. The lowest BCUT2D eigenvalue weighted by molar-refractivity contribution is 0.284. The predicted molar refractivity (Wildman–Crippen MR) is 255 cm³/mol. The maximum Gasteiger partial charge on any atom is 0.259 e. The molecule has 0 spiro atoms. The smallest absolute Gasteiger partial charge is 0.259 e. The minimum atomic E-state index is 0.0000303. The molecule has 0 N–H and O–H groups in total. The molecule has 306 valence electrons. The Morgan fingerprint density at radius 2 is 0.984 bits per heavy atom. The van der Waals surface area contributed by atoms with Crippen molar-refractivity contribution in [2.45, 2.75) is 116 Å². The number of nitrogens with zero attached hydrogens (tertiary/aromatic N) is 1. The normalized spacial score (nSPS) is 13.5. The second kappa shape index (κ2) is 14.5. The van der Waals surface area contributed by atoms with Crippen molar-refractivity contribution in [3.8, 4) is 11.5 Å². The molecule has 0 amide bonds. The average Bonchev–Trinajstić information content (AvgIpc) is 3.92. The molecule has 5 heteroatoms. The largest absolute Gasteiger partial charge is 0.493 e. The summed E-state index contributed by atoms with van der Waals surface area (Å²) in [7, 11) is 1.70. The first-order valence-corrected chi connectivity index (χ1v) is 23.4. The van der Waals surface area contributed by atoms with Gasteiger partial charge in [0.15, 0.2) is 16.9 Å². The van der Waals surface area contributed by atoms with Crippen LogP contribution in [0.15, 0.2) is 76.3 Å². The molecule has 0 saturated heterocycles. The molecule has 11 aromatic rings. The maximum atomic E-state index is 15.7. The Morgan fingerprint density at radius 1 is 0.475 bits per heavy atom. The molecule has 2 aliphatic rings. The van der Waals surface area contributed by atoms with E-state index in [0.717, 1.165) is 94.7 Å². The lowest BCUT2D eigenvalue weighted by Gasteiger charge is -2.20. The summed E-state index contributed by atoms with van der Waals surface area (Å²) < 4.78 is 14.3. The molecule has 0 aliphatic heterocycles. The van der Waals surface area contributed by atoms with Crippen molar-refractivity contribution in [3.05, 3.63) is 115 Å². The van der Waals surface area contributed by atoms with Crippen LogP contribution in [0.25, 0.3) is 86.3 Å². The van der Waals surface area contributed by atoms with E-state index in [9.17, 15) is 4.79 Å². The Bertz CT molecular complexity index is 3450. The van der Waals surface area contributed by atoms with Gasteiger partial charge < -0.3 is 14.0 Å². The van der Waals surface area contributed by atoms with Crippen LogP contribution in [0.2, 0.25) is 0 Å². The van der Waals surface area contributed by atoms with Gasteiger partial charge in [-0.25, -0.2) is 0 Å². The molecule has 61 heavy (non-hydrogen) atoms. The minimum absolute atomic E-state index is 0.0000303. The van der Waals surface area contributed by atoms with Crippen molar-refractivity contribution >= 4 is 86.3 Å². The highest BCUT2D eigenvalue weighted by molar-refractivity contribution is 6.51. The zero-order valence-electron chi connectivity index (χ0n) is 35.7. The summed E-state index contributed by atoms with van der Waals surface area (Å²) in [5, 5.41) is 16.1. The third-order valence-electron chi connectivity index (χ3n) is 14.9. The highest BCUT2D eigenvalue weighted by atomic mass is 16.5. The number of methoxy groups -OCH3 is 1. The van der Waals surface area contributed by atoms with Crippen LogP contribution >= 0.6 is 0 Å². The molecular formula is C56H53NO4. The number of hydrogen-bond acceptors (Lipinski definition) is 4. The molecule has 2 heterocycles. The van der Waals surface area contributed by atoms with Gasteiger partial charge in [-0.2, -0.15) is 0 Å². The summed E-state index contributed by atoms with van der Waals surface area (Å²) in [6.07, 6.45) is 20.0. The van der Waals surface area contributed by atoms with Crippen LogP contribution in [-0.4, -0.2) is 18.3 Å². The molecule has 8 bridgehead atoms. The molecular weight excluding hydrogens is 751 g/mol. The van der Waals surface area contributed by atoms with Crippen LogP contribution in [0, 0.1) is 0 Å². The van der Waals surface area contributed by atoms with E-state index in [1.807, 2.05) is 16.7 Å². The number of pyridine rings is 1. The minimum Gasteiger partial charge on any atom is -0.493 e. The Morgan fingerprint density at radius 3 is 1.62 bits per heavy atom. The van der Waals surface area contributed by atoms with Crippen molar-refractivity contribution in [1.82, 2.24) is 4.57 Å². The van der Waals surface area contributed by atoms with E-state index in [1.54, 1.807) is 7.11 Å². The molecule has 5 nitrogen and oxygen atoms in total. The van der Waals surface area contributed by atoms with Crippen molar-refractivity contribution in [2.24, 2.45) is 0 Å². The van der Waals surface area contributed by atoms with Gasteiger partial charge in [-0.15, -0.1) is 0 Å². The standard InChI is InChI=1S/C56H53NO4/c1-3-4-5-6-7-8-9-10-11-12-13-14-15-16-23-61-41-22-17-32(24-42(41)60-2)31-57-54-36-21-20-35-27-38-29-37-25-33-18-19-34-26-39-30-40(28-36)55(58)48(39)51-44(34)43(33)49-45(37)46(38)50(47(35)54)53(52(49)51)56(57)59/h17-22,24-28H,3-16,23,29-31H2,1-2H3. The monoisotopic (exact) mass is 803 g/mol. The average molecular weight is 804 g/mol. The topological polar surface area (TPSA) is 57.5 Å². The number of unbranched alkanes of at least 4 members (excludes halogenated alkanes) is 13. The van der Waals surface area contributed by atoms with Gasteiger partial charge in [0.1, 0.15) is 0 Å². The van der Waals surface area contributed by atoms with Gasteiger partial charge in [0.2, 0.25) is 0 Å². The summed E-state index contributed by atoms with van der Waals surface area (Å²) in [6, 6.07) is 24.0. The van der Waals surface area contributed by atoms with Crippen molar-refractivity contribution in [1.29, 1.82) is 0 Å². The van der Waals surface area contributed by atoms with Crippen molar-refractivity contribution in [3.63, 3.8) is 0 Å². The van der Waals surface area contributed by atoms with Gasteiger partial charge in [0.25, 0.3) is 5.56 Å². The number of fused-ring (bicyclic) bond motifs is 1. The lowest BCUT2D eigenvalue weighted by Crippen LogP contribution is -2.22. The number of rotatable bonds is 19. The molecule has 0 atom stereocenters. The predicted octanol–water partition coefficient (Wildman–Crippen LogP) is 13.9. The highest BCUT2D eigenvalue weighted by Crippen LogP contribution is 2.55. The summed E-state index contributed by atoms with van der Waals surface area (Å²) in [4.78, 5) is 30.4. The van der Waals surface area contributed by atoms with Gasteiger partial charge in [0, 0.05) is 38.9 Å². The third-order valence-corrected chi connectivity index (χ3v) is 14.9. The quantitative estimate of drug-likeness (QED) is 0.0464. The molecule has 0 saturated carbocycles. The fraction of sp³-hybridized carbons (Fsp3) is 0.357. The Labute approximate surface area is 355 Å². The van der Waals surface area contributed by atoms with Crippen LogP contribution in [0.4, 0.5) is 0 Å². The molecule has 13 rings (SSSR count). The summed E-state index contributed by atoms with van der Waals surface area (Å²) >= 11 is 0. The highest BCUT2D eigenvalue weighted by Gasteiger charge is 2.33. The molecule has 2 aromatic heterocycles. The first-order valence-electron chi connectivity index (χ1n) is 23.4. The van der Waals surface area contributed by atoms with E-state index in [-0.39, 0.29) is 11.0 Å². The Hall–Kier alpha value is -5.68. The zero-order valence-corrected chi connectivity index (χ0v) is 35.7. The fourth-order valence-electron chi connectivity index (χ4n) is 12.1. The van der Waals surface area contributed by atoms with Crippen molar-refractivity contribution < 1.29 is 9.47 Å². The third kappa shape index (κ3) is 5.51. The van der Waals surface area contributed by atoms with E-state index in [2.05, 4.69) is 61.5 Å².